The quantitative estimate of drug-likeness (QED) is 0.779. The summed E-state index contributed by atoms with van der Waals surface area (Å²) < 4.78 is 11.4. The lowest BCUT2D eigenvalue weighted by Gasteiger charge is -2.35. The molecule has 0 aliphatic heterocycles. The molecule has 13 heavy (non-hydrogen) atoms. The van der Waals surface area contributed by atoms with Crippen molar-refractivity contribution in [1.29, 1.82) is 0 Å². The molecule has 2 N–H and O–H groups in total. The molecular formula is C7H7BrNO3P-2. The Morgan fingerprint density at radius 3 is 2.15 bits per heavy atom. The molecule has 0 saturated heterocycles. The Morgan fingerprint density at radius 2 is 1.77 bits per heavy atom. The van der Waals surface area contributed by atoms with Gasteiger partial charge in [0.15, 0.2) is 0 Å². The van der Waals surface area contributed by atoms with Crippen molar-refractivity contribution < 1.29 is 14.4 Å². The van der Waals surface area contributed by atoms with Crippen molar-refractivity contribution in [3.05, 3.63) is 34.3 Å². The summed E-state index contributed by atoms with van der Waals surface area (Å²) in [6.07, 6.45) is 0. The smallest absolute Gasteiger partial charge is 0.0575 e. The van der Waals surface area contributed by atoms with E-state index in [1.54, 1.807) is 12.1 Å². The molecule has 0 saturated carbocycles. The minimum Gasteiger partial charge on any atom is -0.809 e. The number of halogens is 1. The molecule has 1 unspecified atom stereocenters. The zero-order valence-electron chi connectivity index (χ0n) is 6.51. The first kappa shape index (κ1) is 10.9. The Morgan fingerprint density at radius 1 is 1.31 bits per heavy atom. The molecule has 0 amide bonds. The molecule has 0 bridgehead atoms. The molecule has 0 fully saturated rings. The van der Waals surface area contributed by atoms with Crippen LogP contribution in [-0.4, -0.2) is 0 Å². The van der Waals surface area contributed by atoms with Gasteiger partial charge in [0.05, 0.1) is 5.78 Å². The molecule has 1 rings (SSSR count). The van der Waals surface area contributed by atoms with Gasteiger partial charge < -0.3 is 20.1 Å². The summed E-state index contributed by atoms with van der Waals surface area (Å²) in [6.45, 7) is 0. The van der Waals surface area contributed by atoms with Crippen LogP contribution in [0, 0.1) is 0 Å². The summed E-state index contributed by atoms with van der Waals surface area (Å²) in [5.74, 6) is -1.46. The zero-order valence-corrected chi connectivity index (χ0v) is 8.99. The minimum absolute atomic E-state index is 0.302. The van der Waals surface area contributed by atoms with Crippen LogP contribution >= 0.6 is 23.5 Å². The average molecular weight is 264 g/mol. The third-order valence-electron chi connectivity index (χ3n) is 1.55. The van der Waals surface area contributed by atoms with Gasteiger partial charge in [-0.2, -0.15) is 0 Å². The lowest BCUT2D eigenvalue weighted by Crippen LogP contribution is -2.25. The zero-order chi connectivity index (χ0) is 10.1. The number of rotatable bonds is 2. The van der Waals surface area contributed by atoms with E-state index in [0.717, 1.165) is 4.47 Å². The third-order valence-corrected chi connectivity index (χ3v) is 3.06. The van der Waals surface area contributed by atoms with Crippen molar-refractivity contribution >= 4 is 23.5 Å². The number of hydrogen-bond donors (Lipinski definition) is 1. The molecule has 0 aliphatic carbocycles. The third kappa shape index (κ3) is 2.90. The van der Waals surface area contributed by atoms with Gasteiger partial charge in [-0.05, 0) is 25.3 Å². The van der Waals surface area contributed by atoms with Crippen LogP contribution in [-0.2, 0) is 4.57 Å². The van der Waals surface area contributed by atoms with Crippen molar-refractivity contribution in [2.75, 3.05) is 0 Å². The van der Waals surface area contributed by atoms with E-state index in [2.05, 4.69) is 15.9 Å². The Kier molecular flexibility index (Phi) is 3.27. The van der Waals surface area contributed by atoms with E-state index >= 15 is 0 Å². The highest BCUT2D eigenvalue weighted by atomic mass is 79.9. The molecule has 0 heterocycles. The molecule has 1 atom stereocenters. The van der Waals surface area contributed by atoms with Gasteiger partial charge in [0.25, 0.3) is 0 Å². The minimum atomic E-state index is -4.73. The standard InChI is InChI=1S/C7H9BrNO3P/c8-6-3-1-5(2-4-6)7(9)13(10,11)12/h1-4,7H,9H2,(H2,10,11,12)/p-2. The van der Waals surface area contributed by atoms with E-state index in [1.165, 1.54) is 12.1 Å². The second-order valence-corrected chi connectivity index (χ2v) is 5.09. The van der Waals surface area contributed by atoms with Crippen LogP contribution in [0.2, 0.25) is 0 Å². The summed E-state index contributed by atoms with van der Waals surface area (Å²) in [5.41, 5.74) is 5.52. The maximum absolute atomic E-state index is 10.6. The second-order valence-electron chi connectivity index (χ2n) is 2.54. The van der Waals surface area contributed by atoms with Crippen LogP contribution in [0.5, 0.6) is 0 Å². The van der Waals surface area contributed by atoms with Gasteiger partial charge in [-0.25, -0.2) is 0 Å². The highest BCUT2D eigenvalue weighted by Crippen LogP contribution is 2.39. The highest BCUT2D eigenvalue weighted by molar-refractivity contribution is 9.10. The lowest BCUT2D eigenvalue weighted by molar-refractivity contribution is -0.316. The Labute approximate surface area is 84.1 Å². The van der Waals surface area contributed by atoms with Crippen LogP contribution in [0.25, 0.3) is 0 Å². The molecular weight excluding hydrogens is 257 g/mol. The highest BCUT2D eigenvalue weighted by Gasteiger charge is 2.08. The van der Waals surface area contributed by atoms with Gasteiger partial charge in [0.1, 0.15) is 0 Å². The summed E-state index contributed by atoms with van der Waals surface area (Å²) in [7, 11) is -4.73. The Balaban J connectivity index is 2.97. The summed E-state index contributed by atoms with van der Waals surface area (Å²) in [4.78, 5) is 21.1. The SMILES string of the molecule is NC(c1ccc(Br)cc1)P(=O)([O-])[O-]. The fourth-order valence-electron chi connectivity index (χ4n) is 0.843. The molecule has 4 nitrogen and oxygen atoms in total. The first-order valence-corrected chi connectivity index (χ1v) is 5.84. The lowest BCUT2D eigenvalue weighted by atomic mass is 10.2. The van der Waals surface area contributed by atoms with Crippen LogP contribution < -0.4 is 15.5 Å². The first-order valence-electron chi connectivity index (χ1n) is 3.44. The van der Waals surface area contributed by atoms with Crippen LogP contribution in [0.15, 0.2) is 28.7 Å². The van der Waals surface area contributed by atoms with Gasteiger partial charge in [-0.1, -0.05) is 28.1 Å². The monoisotopic (exact) mass is 263 g/mol. The fraction of sp³-hybridized carbons (Fsp3) is 0.143. The summed E-state index contributed by atoms with van der Waals surface area (Å²) in [5, 5.41) is 0. The van der Waals surface area contributed by atoms with E-state index in [0.29, 0.717) is 5.56 Å². The number of hydrogen-bond acceptors (Lipinski definition) is 4. The largest absolute Gasteiger partial charge is 0.809 e. The van der Waals surface area contributed by atoms with Gasteiger partial charge >= 0.3 is 0 Å². The van der Waals surface area contributed by atoms with Gasteiger partial charge in [0.2, 0.25) is 0 Å². The first-order chi connectivity index (χ1) is 5.91. The van der Waals surface area contributed by atoms with Gasteiger partial charge in [-0.15, -0.1) is 0 Å². The summed E-state index contributed by atoms with van der Waals surface area (Å²) >= 11 is 3.18. The fourth-order valence-corrected chi connectivity index (χ4v) is 1.64. The van der Waals surface area contributed by atoms with Gasteiger partial charge in [0, 0.05) is 4.47 Å². The van der Waals surface area contributed by atoms with Crippen LogP contribution in [0.1, 0.15) is 11.3 Å². The second kappa shape index (κ2) is 3.90. The van der Waals surface area contributed by atoms with E-state index in [1.807, 2.05) is 0 Å². The van der Waals surface area contributed by atoms with E-state index in [9.17, 15) is 14.4 Å². The molecule has 6 heteroatoms. The van der Waals surface area contributed by atoms with E-state index < -0.39 is 13.4 Å². The van der Waals surface area contributed by atoms with Crippen LogP contribution in [0.3, 0.4) is 0 Å². The molecule has 0 spiro atoms. The van der Waals surface area contributed by atoms with Crippen LogP contribution in [0.4, 0.5) is 0 Å². The Hall–Kier alpha value is -0.190. The predicted molar refractivity (Wildman–Crippen MR) is 48.7 cm³/mol. The van der Waals surface area contributed by atoms with Crippen molar-refractivity contribution in [3.63, 3.8) is 0 Å². The van der Waals surface area contributed by atoms with E-state index in [4.69, 9.17) is 5.73 Å². The predicted octanol–water partition coefficient (Wildman–Crippen LogP) is 0.320. The molecule has 0 aliphatic rings. The molecule has 72 valence electrons. The normalized spacial score (nSPS) is 14.2. The number of benzene rings is 1. The van der Waals surface area contributed by atoms with Gasteiger partial charge in [-0.3, -0.25) is 0 Å². The topological polar surface area (TPSA) is 89.2 Å². The summed E-state index contributed by atoms with van der Waals surface area (Å²) in [6, 6.07) is 6.25. The average Bonchev–Trinajstić information content (AvgIpc) is 2.03. The molecule has 0 aromatic heterocycles. The number of nitrogens with two attached hydrogens (primary N) is 1. The maximum Gasteiger partial charge on any atom is 0.0575 e. The van der Waals surface area contributed by atoms with Crippen molar-refractivity contribution in [2.24, 2.45) is 5.73 Å². The molecule has 1 aromatic rings. The Bertz CT molecular complexity index is 334. The van der Waals surface area contributed by atoms with E-state index in [-0.39, 0.29) is 0 Å². The van der Waals surface area contributed by atoms with Crippen molar-refractivity contribution in [3.8, 4) is 0 Å². The van der Waals surface area contributed by atoms with Crippen molar-refractivity contribution in [2.45, 2.75) is 5.78 Å². The maximum atomic E-state index is 10.6. The van der Waals surface area contributed by atoms with Crippen molar-refractivity contribution in [1.82, 2.24) is 0 Å². The molecule has 1 aromatic carbocycles. The molecule has 0 radical (unpaired) electrons.